The van der Waals surface area contributed by atoms with Gasteiger partial charge in [0.25, 0.3) is 5.91 Å². The van der Waals surface area contributed by atoms with E-state index in [0.717, 1.165) is 35.1 Å². The first-order valence-electron chi connectivity index (χ1n) is 11.0. The second-order valence-corrected chi connectivity index (χ2v) is 9.25. The lowest BCUT2D eigenvalue weighted by molar-refractivity contribution is -0.119. The Kier molecular flexibility index (Phi) is 5.99. The van der Waals surface area contributed by atoms with E-state index >= 15 is 0 Å². The van der Waals surface area contributed by atoms with Gasteiger partial charge >= 0.3 is 0 Å². The van der Waals surface area contributed by atoms with Crippen LogP contribution in [0.1, 0.15) is 29.0 Å². The van der Waals surface area contributed by atoms with E-state index in [9.17, 15) is 9.59 Å². The minimum Gasteiger partial charge on any atom is -0.357 e. The van der Waals surface area contributed by atoms with Gasteiger partial charge in [-0.2, -0.15) is 0 Å². The normalized spacial score (nSPS) is 18.2. The van der Waals surface area contributed by atoms with Crippen molar-refractivity contribution in [3.8, 4) is 0 Å². The molecule has 170 valence electrons. The maximum atomic E-state index is 13.1. The van der Waals surface area contributed by atoms with Gasteiger partial charge in [0.15, 0.2) is 0 Å². The third-order valence-electron chi connectivity index (χ3n) is 5.89. The van der Waals surface area contributed by atoms with Gasteiger partial charge < -0.3 is 15.1 Å². The van der Waals surface area contributed by atoms with Gasteiger partial charge in [0.2, 0.25) is 11.7 Å². The quantitative estimate of drug-likeness (QED) is 0.620. The van der Waals surface area contributed by atoms with Gasteiger partial charge in [-0.05, 0) is 24.5 Å². The van der Waals surface area contributed by atoms with E-state index in [4.69, 9.17) is 0 Å². The van der Waals surface area contributed by atoms with Crippen LogP contribution in [0.15, 0.2) is 53.8 Å². The van der Waals surface area contributed by atoms with Crippen molar-refractivity contribution in [3.05, 3.63) is 60.3 Å². The molecule has 5 rings (SSSR count). The van der Waals surface area contributed by atoms with Crippen LogP contribution in [0.3, 0.4) is 0 Å². The summed E-state index contributed by atoms with van der Waals surface area (Å²) in [5.74, 6) is 0.766. The first kappa shape index (κ1) is 21.4. The molecule has 2 amide bonds. The van der Waals surface area contributed by atoms with Crippen molar-refractivity contribution in [1.82, 2.24) is 25.1 Å². The molecule has 0 radical (unpaired) electrons. The van der Waals surface area contributed by atoms with Crippen LogP contribution in [0.5, 0.6) is 0 Å². The van der Waals surface area contributed by atoms with Crippen molar-refractivity contribution in [2.45, 2.75) is 30.3 Å². The van der Waals surface area contributed by atoms with Crippen molar-refractivity contribution < 1.29 is 9.59 Å². The molecule has 1 fully saturated rings. The molecular weight excluding hydrogens is 438 g/mol. The lowest BCUT2D eigenvalue weighted by Crippen LogP contribution is -2.48. The highest BCUT2D eigenvalue weighted by molar-refractivity contribution is 7.99. The molecule has 0 unspecified atom stereocenters. The zero-order valence-corrected chi connectivity index (χ0v) is 19.2. The number of pyridine rings is 1. The number of hydrogen-bond acceptors (Lipinski definition) is 7. The molecular formula is C23H25N7O2S. The third kappa shape index (κ3) is 4.56. The molecule has 3 aromatic rings. The molecule has 9 nitrogen and oxygen atoms in total. The molecule has 1 saturated heterocycles. The first-order valence-corrected chi connectivity index (χ1v) is 12.0. The summed E-state index contributed by atoms with van der Waals surface area (Å²) in [5, 5.41) is 7.10. The Morgan fingerprint density at radius 3 is 2.76 bits per heavy atom. The summed E-state index contributed by atoms with van der Waals surface area (Å²) in [6.07, 6.45) is 5.63. The average molecular weight is 464 g/mol. The van der Waals surface area contributed by atoms with Gasteiger partial charge in [-0.15, -0.1) is 16.9 Å². The predicted molar refractivity (Wildman–Crippen MR) is 127 cm³/mol. The Hall–Kier alpha value is -3.40. The molecule has 33 heavy (non-hydrogen) atoms. The predicted octanol–water partition coefficient (Wildman–Crippen LogP) is 2.19. The van der Waals surface area contributed by atoms with Crippen LogP contribution in [0.2, 0.25) is 0 Å². The number of amides is 2. The number of carbonyl (C=O) groups excluding carboxylic acids is 2. The lowest BCUT2D eigenvalue weighted by Gasteiger charge is -2.22. The Bertz CT molecular complexity index is 1160. The van der Waals surface area contributed by atoms with E-state index in [0.29, 0.717) is 12.3 Å². The van der Waals surface area contributed by atoms with Crippen LogP contribution in [-0.4, -0.2) is 63.5 Å². The summed E-state index contributed by atoms with van der Waals surface area (Å²) in [5.41, 5.74) is 1.82. The Morgan fingerprint density at radius 2 is 1.97 bits per heavy atom. The van der Waals surface area contributed by atoms with Gasteiger partial charge in [0.1, 0.15) is 18.2 Å². The fourth-order valence-electron chi connectivity index (χ4n) is 4.07. The number of fused-ring (bicyclic) bond motifs is 1. The molecule has 0 bridgehead atoms. The molecule has 0 aliphatic carbocycles. The third-order valence-corrected chi connectivity index (χ3v) is 7.03. The highest BCUT2D eigenvalue weighted by Gasteiger charge is 2.31. The SMILES string of the molecule is CN1C(=O)[C@H](NC(=O)c2ncn(Cc3ccccc3)n2)CSc2cc(N3CCCC3)ncc21. The summed E-state index contributed by atoms with van der Waals surface area (Å²) in [4.78, 5) is 39.4. The topological polar surface area (TPSA) is 96.2 Å². The van der Waals surface area contributed by atoms with E-state index < -0.39 is 11.9 Å². The number of nitrogens with one attached hydrogen (secondary N) is 1. The zero-order valence-electron chi connectivity index (χ0n) is 18.3. The Morgan fingerprint density at radius 1 is 1.18 bits per heavy atom. The van der Waals surface area contributed by atoms with Crippen LogP contribution in [-0.2, 0) is 11.3 Å². The number of likely N-dealkylation sites (N-methyl/N-ethyl adjacent to an activating group) is 1. The van der Waals surface area contributed by atoms with Crippen LogP contribution >= 0.6 is 11.8 Å². The maximum absolute atomic E-state index is 13.1. The molecule has 4 heterocycles. The van der Waals surface area contributed by atoms with Gasteiger partial charge in [-0.3, -0.25) is 9.59 Å². The standard InChI is InChI=1S/C23H25N7O2S/c1-28-18-12-24-20(29-9-5-6-10-29)11-19(18)33-14-17(23(28)32)26-22(31)21-25-15-30(27-21)13-16-7-3-2-4-8-16/h2-4,7-8,11-12,15,17H,5-6,9-10,13-14H2,1H3,(H,26,31)/t17-/m1/s1. The van der Waals surface area contributed by atoms with Crippen molar-refractivity contribution >= 4 is 35.1 Å². The molecule has 10 heteroatoms. The average Bonchev–Trinajstić information content (AvgIpc) is 3.52. The van der Waals surface area contributed by atoms with Gasteiger partial charge in [0, 0.05) is 30.8 Å². The van der Waals surface area contributed by atoms with Crippen molar-refractivity contribution in [2.24, 2.45) is 0 Å². The summed E-state index contributed by atoms with van der Waals surface area (Å²) in [6, 6.07) is 11.2. The fraction of sp³-hybridized carbons (Fsp3) is 0.348. The molecule has 0 spiro atoms. The van der Waals surface area contributed by atoms with Gasteiger partial charge in [-0.25, -0.2) is 14.6 Å². The van der Waals surface area contributed by atoms with Crippen molar-refractivity contribution in [3.63, 3.8) is 0 Å². The summed E-state index contributed by atoms with van der Waals surface area (Å²) < 4.78 is 1.61. The monoisotopic (exact) mass is 463 g/mol. The van der Waals surface area contributed by atoms with Crippen molar-refractivity contribution in [2.75, 3.05) is 35.7 Å². The number of anilines is 2. The number of carbonyl (C=O) groups is 2. The summed E-state index contributed by atoms with van der Waals surface area (Å²) in [6.45, 7) is 2.53. The molecule has 2 aliphatic heterocycles. The molecule has 2 aliphatic rings. The van der Waals surface area contributed by atoms with Gasteiger partial charge in [-0.1, -0.05) is 30.3 Å². The van der Waals surface area contributed by atoms with Crippen molar-refractivity contribution in [1.29, 1.82) is 0 Å². The Labute approximate surface area is 196 Å². The molecule has 2 aromatic heterocycles. The summed E-state index contributed by atoms with van der Waals surface area (Å²) in [7, 11) is 1.72. The first-order chi connectivity index (χ1) is 16.1. The number of rotatable bonds is 5. The van der Waals surface area contributed by atoms with Crippen LogP contribution in [0, 0.1) is 0 Å². The number of thioether (sulfide) groups is 1. The van der Waals surface area contributed by atoms with E-state index in [1.807, 2.05) is 36.4 Å². The molecule has 1 aromatic carbocycles. The van der Waals surface area contributed by atoms with Gasteiger partial charge in [0.05, 0.1) is 18.4 Å². The fourth-order valence-corrected chi connectivity index (χ4v) is 5.17. The maximum Gasteiger partial charge on any atom is 0.291 e. The summed E-state index contributed by atoms with van der Waals surface area (Å²) >= 11 is 1.55. The molecule has 1 N–H and O–H groups in total. The second kappa shape index (κ2) is 9.22. The number of hydrogen-bond donors (Lipinski definition) is 1. The lowest BCUT2D eigenvalue weighted by atomic mass is 10.2. The van der Waals surface area contributed by atoms with Crippen LogP contribution in [0.25, 0.3) is 0 Å². The Balaban J connectivity index is 1.27. The zero-order chi connectivity index (χ0) is 22.8. The minimum atomic E-state index is -0.684. The van der Waals surface area contributed by atoms with E-state index in [1.165, 1.54) is 19.2 Å². The second-order valence-electron chi connectivity index (χ2n) is 8.19. The highest BCUT2D eigenvalue weighted by Crippen LogP contribution is 2.36. The smallest absolute Gasteiger partial charge is 0.291 e. The number of nitrogens with zero attached hydrogens (tertiary/aromatic N) is 6. The number of aromatic nitrogens is 4. The largest absolute Gasteiger partial charge is 0.357 e. The van der Waals surface area contributed by atoms with E-state index in [-0.39, 0.29) is 11.7 Å². The van der Waals surface area contributed by atoms with Crippen LogP contribution in [0.4, 0.5) is 11.5 Å². The number of benzene rings is 1. The molecule has 1 atom stereocenters. The van der Waals surface area contributed by atoms with E-state index in [1.54, 1.807) is 34.6 Å². The molecule has 0 saturated carbocycles. The minimum absolute atomic E-state index is 0.0473. The van der Waals surface area contributed by atoms with E-state index in [2.05, 4.69) is 25.3 Å². The highest BCUT2D eigenvalue weighted by atomic mass is 32.2. The van der Waals surface area contributed by atoms with Crippen LogP contribution < -0.4 is 15.1 Å².